The average molecular weight is 617 g/mol. The molecule has 0 saturated carbocycles. The van der Waals surface area contributed by atoms with Gasteiger partial charge in [-0.2, -0.15) is 0 Å². The van der Waals surface area contributed by atoms with Crippen LogP contribution in [0.5, 0.6) is 0 Å². The summed E-state index contributed by atoms with van der Waals surface area (Å²) >= 11 is 0. The van der Waals surface area contributed by atoms with Gasteiger partial charge in [-0.25, -0.2) is 0 Å². The second kappa shape index (κ2) is 36.2. The summed E-state index contributed by atoms with van der Waals surface area (Å²) in [5.74, 6) is 0. The van der Waals surface area contributed by atoms with Gasteiger partial charge in [0, 0.05) is 65.4 Å². The molecule has 0 bridgehead atoms. The number of hydrogen-bond donors (Lipinski definition) is 1. The number of rotatable bonds is 0. The Balaban J connectivity index is -0.000000447. The summed E-state index contributed by atoms with van der Waals surface area (Å²) in [7, 11) is 15.3. The summed E-state index contributed by atoms with van der Waals surface area (Å²) in [6.07, 6.45) is 8.43. The van der Waals surface area contributed by atoms with E-state index in [1.807, 2.05) is 41.5 Å². The third-order valence-corrected chi connectivity index (χ3v) is 7.92. The molecule has 8 nitrogen and oxygen atoms in total. The minimum Gasteiger partial charge on any atom is -0.314 e. The van der Waals surface area contributed by atoms with Crippen LogP contribution in [0.3, 0.4) is 0 Å². The minimum absolute atomic E-state index is 1.16. The van der Waals surface area contributed by atoms with Crippen LogP contribution >= 0.6 is 0 Å². The van der Waals surface area contributed by atoms with Crippen molar-refractivity contribution in [3.05, 3.63) is 0 Å². The maximum Gasteiger partial charge on any atom is 0.0107 e. The lowest BCUT2D eigenvalue weighted by Gasteiger charge is -2.28. The number of piperidine rings is 1. The predicted octanol–water partition coefficient (Wildman–Crippen LogP) is 4.53. The van der Waals surface area contributed by atoms with E-state index in [1.165, 1.54) is 130 Å². The van der Waals surface area contributed by atoms with Crippen LogP contribution in [-0.4, -0.2) is 188 Å². The van der Waals surface area contributed by atoms with Crippen LogP contribution in [0.25, 0.3) is 0 Å². The van der Waals surface area contributed by atoms with Crippen molar-refractivity contribution < 1.29 is 0 Å². The first-order valence-electron chi connectivity index (χ1n) is 18.3. The van der Waals surface area contributed by atoms with Crippen LogP contribution < -0.4 is 5.32 Å². The summed E-state index contributed by atoms with van der Waals surface area (Å²) in [6, 6.07) is 0. The number of nitrogens with zero attached hydrogens (tertiary/aromatic N) is 7. The van der Waals surface area contributed by atoms with Crippen molar-refractivity contribution in [1.29, 1.82) is 0 Å². The molecule has 0 atom stereocenters. The molecule has 0 amide bonds. The monoisotopic (exact) mass is 617 g/mol. The Morgan fingerprint density at radius 3 is 0.674 bits per heavy atom. The molecule has 5 fully saturated rings. The van der Waals surface area contributed by atoms with Gasteiger partial charge in [-0.3, -0.25) is 0 Å². The molecule has 5 aliphatic rings. The van der Waals surface area contributed by atoms with Gasteiger partial charge in [-0.05, 0) is 121 Å². The van der Waals surface area contributed by atoms with E-state index in [1.54, 1.807) is 0 Å². The third-order valence-electron chi connectivity index (χ3n) is 7.92. The van der Waals surface area contributed by atoms with Crippen LogP contribution in [-0.2, 0) is 0 Å². The van der Waals surface area contributed by atoms with E-state index in [-0.39, 0.29) is 0 Å². The average Bonchev–Trinajstić information content (AvgIpc) is 3.45. The first kappa shape index (κ1) is 47.1. The van der Waals surface area contributed by atoms with Gasteiger partial charge in [0.1, 0.15) is 0 Å². The smallest absolute Gasteiger partial charge is 0.0107 e. The second-order valence-corrected chi connectivity index (χ2v) is 12.0. The van der Waals surface area contributed by atoms with E-state index in [0.29, 0.717) is 0 Å². The lowest BCUT2D eigenvalue weighted by molar-refractivity contribution is 0.181. The van der Waals surface area contributed by atoms with Crippen LogP contribution in [0.15, 0.2) is 0 Å². The normalized spacial score (nSPS) is 22.5. The van der Waals surface area contributed by atoms with E-state index in [9.17, 15) is 0 Å². The van der Waals surface area contributed by atoms with E-state index >= 15 is 0 Å². The number of likely N-dealkylation sites (tertiary alicyclic amines) is 2. The van der Waals surface area contributed by atoms with Crippen molar-refractivity contribution in [1.82, 2.24) is 39.6 Å². The fourth-order valence-corrected chi connectivity index (χ4v) is 4.79. The van der Waals surface area contributed by atoms with Gasteiger partial charge in [0.25, 0.3) is 0 Å². The number of piperazine rings is 2. The lowest BCUT2D eigenvalue weighted by Crippen LogP contribution is -2.42. The highest BCUT2D eigenvalue weighted by atomic mass is 15.2. The fraction of sp³-hybridized carbons (Fsp3) is 1.00. The molecule has 0 radical (unpaired) electrons. The van der Waals surface area contributed by atoms with Gasteiger partial charge >= 0.3 is 0 Å². The molecule has 8 heteroatoms. The van der Waals surface area contributed by atoms with Crippen molar-refractivity contribution in [2.24, 2.45) is 0 Å². The Kier molecular flexibility index (Phi) is 39.6. The van der Waals surface area contributed by atoms with Crippen molar-refractivity contribution in [2.75, 3.05) is 154 Å². The van der Waals surface area contributed by atoms with Crippen LogP contribution in [0.1, 0.15) is 80.1 Å². The maximum absolute atomic E-state index is 3.27. The Hall–Kier alpha value is -0.320. The van der Waals surface area contributed by atoms with Crippen LogP contribution in [0.4, 0.5) is 0 Å². The molecule has 5 aliphatic heterocycles. The van der Waals surface area contributed by atoms with Gasteiger partial charge in [0.2, 0.25) is 0 Å². The van der Waals surface area contributed by atoms with E-state index in [0.717, 1.165) is 13.1 Å². The largest absolute Gasteiger partial charge is 0.314 e. The zero-order valence-electron chi connectivity index (χ0n) is 32.2. The molecular formula is C35H84N8. The number of hydrogen-bond acceptors (Lipinski definition) is 8. The summed E-state index contributed by atoms with van der Waals surface area (Å²) in [6.45, 7) is 32.0. The zero-order chi connectivity index (χ0) is 33.3. The van der Waals surface area contributed by atoms with Crippen molar-refractivity contribution in [2.45, 2.75) is 80.1 Å². The van der Waals surface area contributed by atoms with Crippen molar-refractivity contribution in [3.8, 4) is 0 Å². The number of likely N-dealkylation sites (N-methyl/N-ethyl adjacent to an activating group) is 5. The minimum atomic E-state index is 1.16. The summed E-state index contributed by atoms with van der Waals surface area (Å²) in [4.78, 5) is 16.6. The molecule has 0 spiro atoms. The van der Waals surface area contributed by atoms with E-state index in [4.69, 9.17) is 0 Å². The first-order chi connectivity index (χ1) is 20.8. The van der Waals surface area contributed by atoms with Crippen LogP contribution in [0.2, 0.25) is 0 Å². The summed E-state index contributed by atoms with van der Waals surface area (Å²) in [5.41, 5.74) is 0. The standard InChI is InChI=1S/C7H16N2.C6H14N2.C6H13N.C5H12N2.C5H11N.3C2H6/c1-8-4-3-5-9(2)7-6-8;1-7-3-5-8(2)6-4-7;1-7-5-3-2-4-6-7;1-7-4-2-6-3-5-7;1-6-4-2-3-5-6;3*1-2/h3-7H2,1-2H3;3-6H2,1-2H3;2-6H2,1H3;6H,2-5H2,1H3;2-5H2,1H3;3*1-2H3. The van der Waals surface area contributed by atoms with Gasteiger partial charge in [0.05, 0.1) is 0 Å². The highest BCUT2D eigenvalue weighted by Gasteiger charge is 2.08. The lowest BCUT2D eigenvalue weighted by atomic mass is 10.1. The molecule has 43 heavy (non-hydrogen) atoms. The molecule has 0 aromatic rings. The molecule has 264 valence electrons. The van der Waals surface area contributed by atoms with Crippen LogP contribution in [0, 0.1) is 0 Å². The molecule has 0 unspecified atom stereocenters. The van der Waals surface area contributed by atoms with Gasteiger partial charge in [-0.1, -0.05) is 48.0 Å². The Bertz CT molecular complexity index is 448. The van der Waals surface area contributed by atoms with Crippen molar-refractivity contribution in [3.63, 3.8) is 0 Å². The quantitative estimate of drug-likeness (QED) is 0.426. The second-order valence-electron chi connectivity index (χ2n) is 12.0. The van der Waals surface area contributed by atoms with Gasteiger partial charge in [0.15, 0.2) is 0 Å². The molecule has 5 saturated heterocycles. The Morgan fingerprint density at radius 1 is 0.256 bits per heavy atom. The van der Waals surface area contributed by atoms with Gasteiger partial charge < -0.3 is 39.6 Å². The summed E-state index contributed by atoms with van der Waals surface area (Å²) in [5, 5.41) is 3.27. The Labute approximate surface area is 273 Å². The first-order valence-corrected chi connectivity index (χ1v) is 18.3. The van der Waals surface area contributed by atoms with Crippen molar-refractivity contribution >= 4 is 0 Å². The Morgan fingerprint density at radius 2 is 0.465 bits per heavy atom. The molecule has 1 N–H and O–H groups in total. The molecule has 0 aromatic carbocycles. The van der Waals surface area contributed by atoms with Gasteiger partial charge in [-0.15, -0.1) is 0 Å². The number of nitrogens with one attached hydrogen (secondary N) is 1. The maximum atomic E-state index is 3.27. The van der Waals surface area contributed by atoms with E-state index in [2.05, 4.69) is 88.9 Å². The highest BCUT2D eigenvalue weighted by molar-refractivity contribution is 4.65. The topological polar surface area (TPSA) is 34.7 Å². The highest BCUT2D eigenvalue weighted by Crippen LogP contribution is 2.04. The molecule has 5 heterocycles. The summed E-state index contributed by atoms with van der Waals surface area (Å²) < 4.78 is 0. The zero-order valence-corrected chi connectivity index (χ0v) is 32.2. The predicted molar refractivity (Wildman–Crippen MR) is 197 cm³/mol. The molecular weight excluding hydrogens is 532 g/mol. The SMILES string of the molecule is CC.CC.CC.CN1CCCC1.CN1CCCCC1.CN1CCCN(C)CC1.CN1CCN(C)CC1.CN1CCNCC1. The molecule has 0 aromatic heterocycles. The fourth-order valence-electron chi connectivity index (χ4n) is 4.79. The molecule has 0 aliphatic carbocycles. The third kappa shape index (κ3) is 34.4. The molecule has 5 rings (SSSR count). The van der Waals surface area contributed by atoms with E-state index < -0.39 is 0 Å².